The van der Waals surface area contributed by atoms with Crippen LogP contribution in [0.5, 0.6) is 0 Å². The van der Waals surface area contributed by atoms with E-state index in [-0.39, 0.29) is 17.9 Å². The van der Waals surface area contributed by atoms with Gasteiger partial charge in [-0.25, -0.2) is 4.79 Å². The predicted octanol–water partition coefficient (Wildman–Crippen LogP) is 2.56. The minimum absolute atomic E-state index is 0.0513. The van der Waals surface area contributed by atoms with Crippen LogP contribution in [0.25, 0.3) is 0 Å². The van der Waals surface area contributed by atoms with Gasteiger partial charge >= 0.3 is 5.97 Å². The van der Waals surface area contributed by atoms with Crippen LogP contribution in [0.4, 0.5) is 5.69 Å². The van der Waals surface area contributed by atoms with Gasteiger partial charge in [0.05, 0.1) is 23.9 Å². The number of benzene rings is 1. The van der Waals surface area contributed by atoms with Crippen molar-refractivity contribution in [2.24, 2.45) is 5.92 Å². The Hall–Kier alpha value is -1.40. The van der Waals surface area contributed by atoms with Gasteiger partial charge in [0.25, 0.3) is 0 Å². The molecule has 1 saturated heterocycles. The summed E-state index contributed by atoms with van der Waals surface area (Å²) in [6, 6.07) is 4.83. The van der Waals surface area contributed by atoms with E-state index in [1.54, 1.807) is 25.1 Å². The molecule has 6 heteroatoms. The number of hydrogen-bond donors (Lipinski definition) is 2. The molecule has 0 bridgehead atoms. The van der Waals surface area contributed by atoms with Gasteiger partial charge in [0.2, 0.25) is 5.91 Å². The molecule has 2 atom stereocenters. The van der Waals surface area contributed by atoms with Gasteiger partial charge in [-0.3, -0.25) is 4.79 Å². The maximum absolute atomic E-state index is 12.2. The summed E-state index contributed by atoms with van der Waals surface area (Å²) in [5.74, 6) is -0.102. The van der Waals surface area contributed by atoms with Gasteiger partial charge in [-0.15, -0.1) is 0 Å². The first-order valence-electron chi connectivity index (χ1n) is 7.04. The molecule has 0 radical (unpaired) electrons. The molecule has 1 amide bonds. The summed E-state index contributed by atoms with van der Waals surface area (Å²) in [7, 11) is 0. The second-order valence-electron chi connectivity index (χ2n) is 5.10. The Balaban J connectivity index is 2.07. The van der Waals surface area contributed by atoms with E-state index >= 15 is 0 Å². The second-order valence-corrected chi connectivity index (χ2v) is 5.96. The van der Waals surface area contributed by atoms with Gasteiger partial charge in [0, 0.05) is 4.47 Å². The molecule has 114 valence electrons. The smallest absolute Gasteiger partial charge is 0.338 e. The molecule has 21 heavy (non-hydrogen) atoms. The van der Waals surface area contributed by atoms with Crippen LogP contribution in [0.3, 0.4) is 0 Å². The quantitative estimate of drug-likeness (QED) is 0.815. The monoisotopic (exact) mass is 354 g/mol. The standard InChI is InChI=1S/C15H19BrN2O3/c1-3-21-15(20)10-4-5-12(11(16)8-10)18-14(19)13-9(2)6-7-17-13/h4-5,8-9,13,17H,3,6-7H2,1-2H3,(H,18,19). The number of carbonyl (C=O) groups is 2. The zero-order chi connectivity index (χ0) is 15.4. The molecule has 2 rings (SSSR count). The number of carbonyl (C=O) groups excluding carboxylic acids is 2. The van der Waals surface area contributed by atoms with Gasteiger partial charge in [0.15, 0.2) is 0 Å². The van der Waals surface area contributed by atoms with Crippen LogP contribution in [0.15, 0.2) is 22.7 Å². The molecule has 1 aromatic rings. The fourth-order valence-electron chi connectivity index (χ4n) is 2.35. The third kappa shape index (κ3) is 3.83. The highest BCUT2D eigenvalue weighted by molar-refractivity contribution is 9.10. The van der Waals surface area contributed by atoms with E-state index in [0.717, 1.165) is 13.0 Å². The molecule has 1 heterocycles. The van der Waals surface area contributed by atoms with Crippen molar-refractivity contribution in [1.82, 2.24) is 5.32 Å². The van der Waals surface area contributed by atoms with E-state index in [2.05, 4.69) is 33.5 Å². The van der Waals surface area contributed by atoms with Crippen molar-refractivity contribution in [3.8, 4) is 0 Å². The summed E-state index contributed by atoms with van der Waals surface area (Å²) in [5, 5.41) is 6.07. The summed E-state index contributed by atoms with van der Waals surface area (Å²) in [5.41, 5.74) is 1.10. The molecular weight excluding hydrogens is 336 g/mol. The van der Waals surface area contributed by atoms with Crippen LogP contribution in [0, 0.1) is 5.92 Å². The normalized spacial score (nSPS) is 21.1. The SMILES string of the molecule is CCOC(=O)c1ccc(NC(=O)C2NCCC2C)c(Br)c1. The predicted molar refractivity (Wildman–Crippen MR) is 84.3 cm³/mol. The molecule has 0 spiro atoms. The molecule has 2 N–H and O–H groups in total. The molecule has 0 aliphatic carbocycles. The number of halogens is 1. The molecular formula is C15H19BrN2O3. The summed E-state index contributed by atoms with van der Waals surface area (Å²) < 4.78 is 5.60. The summed E-state index contributed by atoms with van der Waals surface area (Å²) in [6.07, 6.45) is 1.00. The van der Waals surface area contributed by atoms with E-state index in [4.69, 9.17) is 4.74 Å². The molecule has 0 saturated carbocycles. The van der Waals surface area contributed by atoms with Crippen molar-refractivity contribution in [3.05, 3.63) is 28.2 Å². The van der Waals surface area contributed by atoms with Crippen molar-refractivity contribution in [3.63, 3.8) is 0 Å². The van der Waals surface area contributed by atoms with Gasteiger partial charge in [-0.05, 0) is 59.9 Å². The van der Waals surface area contributed by atoms with Crippen LogP contribution in [0.2, 0.25) is 0 Å². The Kier molecular flexibility index (Phi) is 5.36. The van der Waals surface area contributed by atoms with Crippen molar-refractivity contribution >= 4 is 33.5 Å². The zero-order valence-electron chi connectivity index (χ0n) is 12.1. The van der Waals surface area contributed by atoms with Gasteiger partial charge in [0.1, 0.15) is 0 Å². The van der Waals surface area contributed by atoms with E-state index in [0.29, 0.717) is 28.2 Å². The van der Waals surface area contributed by atoms with Gasteiger partial charge in [-0.2, -0.15) is 0 Å². The first kappa shape index (κ1) is 16.0. The average Bonchev–Trinajstić information content (AvgIpc) is 2.87. The van der Waals surface area contributed by atoms with Crippen molar-refractivity contribution < 1.29 is 14.3 Å². The number of amides is 1. The number of anilines is 1. The van der Waals surface area contributed by atoms with E-state index in [1.807, 2.05) is 0 Å². The van der Waals surface area contributed by atoms with Crippen molar-refractivity contribution in [2.45, 2.75) is 26.3 Å². The molecule has 1 aliphatic heterocycles. The second kappa shape index (κ2) is 7.04. The molecule has 1 aliphatic rings. The third-order valence-electron chi connectivity index (χ3n) is 3.55. The number of rotatable bonds is 4. The first-order valence-corrected chi connectivity index (χ1v) is 7.83. The zero-order valence-corrected chi connectivity index (χ0v) is 13.7. The summed E-state index contributed by atoms with van der Waals surface area (Å²) in [6.45, 7) is 5.02. The highest BCUT2D eigenvalue weighted by Crippen LogP contribution is 2.25. The lowest BCUT2D eigenvalue weighted by Gasteiger charge is -2.16. The largest absolute Gasteiger partial charge is 0.462 e. The fourth-order valence-corrected chi connectivity index (χ4v) is 2.83. The Labute approximate surface area is 132 Å². The summed E-state index contributed by atoms with van der Waals surface area (Å²) >= 11 is 3.38. The lowest BCUT2D eigenvalue weighted by atomic mass is 10.0. The van der Waals surface area contributed by atoms with E-state index in [9.17, 15) is 9.59 Å². The van der Waals surface area contributed by atoms with Crippen LogP contribution < -0.4 is 10.6 Å². The first-order chi connectivity index (χ1) is 10.0. The van der Waals surface area contributed by atoms with E-state index in [1.165, 1.54) is 0 Å². The van der Waals surface area contributed by atoms with Crippen molar-refractivity contribution in [2.75, 3.05) is 18.5 Å². The molecule has 5 nitrogen and oxygen atoms in total. The highest BCUT2D eigenvalue weighted by atomic mass is 79.9. The van der Waals surface area contributed by atoms with Crippen molar-refractivity contribution in [1.29, 1.82) is 0 Å². The number of ether oxygens (including phenoxy) is 1. The van der Waals surface area contributed by atoms with Crippen LogP contribution in [-0.2, 0) is 9.53 Å². The number of nitrogens with one attached hydrogen (secondary N) is 2. The Morgan fingerprint density at radius 3 is 2.81 bits per heavy atom. The van der Waals surface area contributed by atoms with Gasteiger partial charge < -0.3 is 15.4 Å². The topological polar surface area (TPSA) is 67.4 Å². The van der Waals surface area contributed by atoms with E-state index < -0.39 is 0 Å². The number of hydrogen-bond acceptors (Lipinski definition) is 4. The van der Waals surface area contributed by atoms with Gasteiger partial charge in [-0.1, -0.05) is 6.92 Å². The Morgan fingerprint density at radius 1 is 1.48 bits per heavy atom. The van der Waals surface area contributed by atoms with Crippen LogP contribution in [0.1, 0.15) is 30.6 Å². The minimum Gasteiger partial charge on any atom is -0.462 e. The maximum atomic E-state index is 12.2. The highest BCUT2D eigenvalue weighted by Gasteiger charge is 2.29. The Morgan fingerprint density at radius 2 is 2.24 bits per heavy atom. The fraction of sp³-hybridized carbons (Fsp3) is 0.467. The lowest BCUT2D eigenvalue weighted by molar-refractivity contribution is -0.118. The molecule has 1 aromatic carbocycles. The van der Waals surface area contributed by atoms with Crippen LogP contribution in [-0.4, -0.2) is 31.1 Å². The molecule has 1 fully saturated rings. The Bertz CT molecular complexity index is 548. The third-order valence-corrected chi connectivity index (χ3v) is 4.21. The molecule has 0 aromatic heterocycles. The minimum atomic E-state index is -0.373. The van der Waals surface area contributed by atoms with Crippen LogP contribution >= 0.6 is 15.9 Å². The molecule has 2 unspecified atom stereocenters. The summed E-state index contributed by atoms with van der Waals surface area (Å²) in [4.78, 5) is 23.9. The maximum Gasteiger partial charge on any atom is 0.338 e. The average molecular weight is 355 g/mol. The number of esters is 1. The lowest BCUT2D eigenvalue weighted by Crippen LogP contribution is -2.39.